The highest BCUT2D eigenvalue weighted by Gasteiger charge is 2.28. The van der Waals surface area contributed by atoms with Crippen molar-refractivity contribution in [2.24, 2.45) is 0 Å². The third-order valence-corrected chi connectivity index (χ3v) is 4.05. The van der Waals surface area contributed by atoms with Crippen LogP contribution in [0.25, 0.3) is 0 Å². The summed E-state index contributed by atoms with van der Waals surface area (Å²) in [5, 5.41) is 8.49. The second-order valence-corrected chi connectivity index (χ2v) is 5.21. The summed E-state index contributed by atoms with van der Waals surface area (Å²) in [5.41, 5.74) is 0. The zero-order valence-corrected chi connectivity index (χ0v) is 10.6. The Kier molecular flexibility index (Phi) is 3.16. The molecule has 1 aliphatic carbocycles. The lowest BCUT2D eigenvalue weighted by Gasteiger charge is -2.43. The van der Waals surface area contributed by atoms with E-state index >= 15 is 0 Å². The molecule has 3 rings (SSSR count). The minimum absolute atomic E-state index is 0.460. The zero-order valence-electron chi connectivity index (χ0n) is 9.85. The summed E-state index contributed by atoms with van der Waals surface area (Å²) in [7, 11) is 0. The van der Waals surface area contributed by atoms with E-state index < -0.39 is 0 Å². The van der Waals surface area contributed by atoms with Crippen LogP contribution in [0.3, 0.4) is 0 Å². The van der Waals surface area contributed by atoms with Crippen molar-refractivity contribution in [1.29, 1.82) is 0 Å². The molecule has 5 heteroatoms. The minimum Gasteiger partial charge on any atom is -0.353 e. The number of anilines is 1. The largest absolute Gasteiger partial charge is 0.353 e. The molecule has 17 heavy (non-hydrogen) atoms. The fourth-order valence-electron chi connectivity index (χ4n) is 2.55. The molecule has 0 amide bonds. The second kappa shape index (κ2) is 4.78. The Balaban J connectivity index is 1.58. The van der Waals surface area contributed by atoms with Crippen molar-refractivity contribution in [3.63, 3.8) is 0 Å². The van der Waals surface area contributed by atoms with E-state index in [0.717, 1.165) is 38.0 Å². The van der Waals surface area contributed by atoms with Gasteiger partial charge in [0.1, 0.15) is 0 Å². The molecule has 0 unspecified atom stereocenters. The van der Waals surface area contributed by atoms with Crippen molar-refractivity contribution >= 4 is 17.4 Å². The van der Waals surface area contributed by atoms with Crippen molar-refractivity contribution in [2.45, 2.75) is 25.3 Å². The smallest absolute Gasteiger partial charge is 0.151 e. The molecular formula is C12H17ClN4. The Morgan fingerprint density at radius 3 is 2.35 bits per heavy atom. The van der Waals surface area contributed by atoms with E-state index in [-0.39, 0.29) is 0 Å². The Labute approximate surface area is 107 Å². The zero-order chi connectivity index (χ0) is 11.7. The summed E-state index contributed by atoms with van der Waals surface area (Å²) in [6, 6.07) is 4.62. The van der Waals surface area contributed by atoms with Gasteiger partial charge >= 0.3 is 0 Å². The van der Waals surface area contributed by atoms with Crippen LogP contribution in [-0.2, 0) is 0 Å². The minimum atomic E-state index is 0.460. The lowest BCUT2D eigenvalue weighted by Crippen LogP contribution is -2.52. The molecule has 2 heterocycles. The highest BCUT2D eigenvalue weighted by Crippen LogP contribution is 2.26. The fourth-order valence-corrected chi connectivity index (χ4v) is 2.65. The van der Waals surface area contributed by atoms with Gasteiger partial charge in [-0.25, -0.2) is 0 Å². The van der Waals surface area contributed by atoms with Gasteiger partial charge in [0, 0.05) is 32.2 Å². The number of piperazine rings is 1. The first-order valence-electron chi connectivity index (χ1n) is 6.31. The molecule has 0 N–H and O–H groups in total. The lowest BCUT2D eigenvalue weighted by molar-refractivity contribution is 0.120. The van der Waals surface area contributed by atoms with Crippen molar-refractivity contribution in [3.05, 3.63) is 17.3 Å². The number of aromatic nitrogens is 2. The van der Waals surface area contributed by atoms with Crippen molar-refractivity contribution in [2.75, 3.05) is 31.1 Å². The maximum absolute atomic E-state index is 5.74. The average Bonchev–Trinajstić information content (AvgIpc) is 2.29. The summed E-state index contributed by atoms with van der Waals surface area (Å²) in [4.78, 5) is 4.90. The van der Waals surface area contributed by atoms with Crippen LogP contribution in [-0.4, -0.2) is 47.3 Å². The number of halogens is 1. The van der Waals surface area contributed by atoms with Gasteiger partial charge < -0.3 is 4.90 Å². The number of nitrogens with zero attached hydrogens (tertiary/aromatic N) is 4. The topological polar surface area (TPSA) is 32.3 Å². The van der Waals surface area contributed by atoms with E-state index in [4.69, 9.17) is 11.6 Å². The molecule has 4 nitrogen and oxygen atoms in total. The molecule has 1 saturated heterocycles. The highest BCUT2D eigenvalue weighted by atomic mass is 35.5. The van der Waals surface area contributed by atoms with Gasteiger partial charge in [0.05, 0.1) is 0 Å². The van der Waals surface area contributed by atoms with Crippen LogP contribution in [0.15, 0.2) is 12.1 Å². The predicted octanol–water partition coefficient (Wildman–Crippen LogP) is 1.80. The monoisotopic (exact) mass is 252 g/mol. The Bertz CT molecular complexity index is 369. The predicted molar refractivity (Wildman–Crippen MR) is 68.5 cm³/mol. The Morgan fingerprint density at radius 1 is 1.06 bits per heavy atom. The van der Waals surface area contributed by atoms with Crippen LogP contribution in [0.2, 0.25) is 5.15 Å². The first-order chi connectivity index (χ1) is 8.33. The van der Waals surface area contributed by atoms with E-state index in [1.54, 1.807) is 0 Å². The molecule has 0 atom stereocenters. The van der Waals surface area contributed by atoms with Gasteiger partial charge in [0.15, 0.2) is 11.0 Å². The molecule has 0 bridgehead atoms. The van der Waals surface area contributed by atoms with E-state index in [9.17, 15) is 0 Å². The number of rotatable bonds is 2. The van der Waals surface area contributed by atoms with Crippen LogP contribution < -0.4 is 4.90 Å². The summed E-state index contributed by atoms with van der Waals surface area (Å²) in [5.74, 6) is 0.947. The summed E-state index contributed by atoms with van der Waals surface area (Å²) in [6.07, 6.45) is 4.19. The molecule has 1 saturated carbocycles. The molecule has 2 fully saturated rings. The number of hydrogen-bond donors (Lipinski definition) is 0. The van der Waals surface area contributed by atoms with Gasteiger partial charge in [0.25, 0.3) is 0 Å². The standard InChI is InChI=1S/C12H17ClN4/c13-11-4-5-12(15-14-11)17-8-6-16(7-9-17)10-2-1-3-10/h4-5,10H,1-3,6-9H2. The molecule has 2 aliphatic rings. The maximum atomic E-state index is 5.74. The van der Waals surface area contributed by atoms with E-state index in [1.165, 1.54) is 19.3 Å². The summed E-state index contributed by atoms with van der Waals surface area (Å²) in [6.45, 7) is 4.39. The lowest BCUT2D eigenvalue weighted by atomic mass is 9.91. The molecule has 0 aromatic carbocycles. The molecule has 0 radical (unpaired) electrons. The molecule has 1 aromatic heterocycles. The molecule has 1 aliphatic heterocycles. The molecule has 0 spiro atoms. The quantitative estimate of drug-likeness (QED) is 0.804. The van der Waals surface area contributed by atoms with Gasteiger partial charge in [0.2, 0.25) is 0 Å². The van der Waals surface area contributed by atoms with Crippen molar-refractivity contribution in [3.8, 4) is 0 Å². The average molecular weight is 253 g/mol. The summed E-state index contributed by atoms with van der Waals surface area (Å²) < 4.78 is 0. The van der Waals surface area contributed by atoms with Gasteiger partial charge in [-0.05, 0) is 25.0 Å². The van der Waals surface area contributed by atoms with E-state index in [1.807, 2.05) is 12.1 Å². The van der Waals surface area contributed by atoms with E-state index in [0.29, 0.717) is 5.15 Å². The van der Waals surface area contributed by atoms with Crippen LogP contribution in [0.4, 0.5) is 5.82 Å². The summed E-state index contributed by atoms with van der Waals surface area (Å²) >= 11 is 5.74. The SMILES string of the molecule is Clc1ccc(N2CCN(C3CCC3)CC2)nn1. The van der Waals surface area contributed by atoms with Gasteiger partial charge in [-0.3, -0.25) is 4.90 Å². The molecule has 92 valence electrons. The van der Waals surface area contributed by atoms with Gasteiger partial charge in [-0.1, -0.05) is 18.0 Å². The third-order valence-electron chi connectivity index (χ3n) is 3.85. The van der Waals surface area contributed by atoms with Gasteiger partial charge in [-0.2, -0.15) is 0 Å². The van der Waals surface area contributed by atoms with Crippen LogP contribution in [0.5, 0.6) is 0 Å². The van der Waals surface area contributed by atoms with Crippen molar-refractivity contribution < 1.29 is 0 Å². The first-order valence-corrected chi connectivity index (χ1v) is 6.69. The first kappa shape index (κ1) is 11.2. The number of hydrogen-bond acceptors (Lipinski definition) is 4. The normalized spacial score (nSPS) is 22.5. The van der Waals surface area contributed by atoms with Gasteiger partial charge in [-0.15, -0.1) is 10.2 Å². The van der Waals surface area contributed by atoms with Crippen LogP contribution >= 0.6 is 11.6 Å². The molecule has 1 aromatic rings. The Hall–Kier alpha value is -0.870. The van der Waals surface area contributed by atoms with E-state index in [2.05, 4.69) is 20.0 Å². The Morgan fingerprint density at radius 2 is 1.82 bits per heavy atom. The second-order valence-electron chi connectivity index (χ2n) is 4.82. The third kappa shape index (κ3) is 2.38. The van der Waals surface area contributed by atoms with Crippen LogP contribution in [0, 0.1) is 0 Å². The maximum Gasteiger partial charge on any atom is 0.151 e. The van der Waals surface area contributed by atoms with Crippen molar-refractivity contribution in [1.82, 2.24) is 15.1 Å². The fraction of sp³-hybridized carbons (Fsp3) is 0.667. The van der Waals surface area contributed by atoms with Crippen LogP contribution in [0.1, 0.15) is 19.3 Å². The molecular weight excluding hydrogens is 236 g/mol. The highest BCUT2D eigenvalue weighted by molar-refractivity contribution is 6.29.